The number of rotatable bonds is 10. The second-order valence-corrected chi connectivity index (χ2v) is 10.8. The van der Waals surface area contributed by atoms with Crippen molar-refractivity contribution >= 4 is 14.3 Å². The Balaban J connectivity index is 1.83. The van der Waals surface area contributed by atoms with E-state index in [4.69, 9.17) is 18.3 Å². The molecule has 34 heavy (non-hydrogen) atoms. The Kier molecular flexibility index (Phi) is 8.05. The lowest BCUT2D eigenvalue weighted by Gasteiger charge is -2.27. The van der Waals surface area contributed by atoms with Crippen LogP contribution in [0, 0.1) is 0 Å². The minimum atomic E-state index is -4.40. The Morgan fingerprint density at radius 3 is 2.18 bits per heavy atom. The largest absolute Gasteiger partial charge is 0.459 e. The maximum atomic E-state index is 13.0. The molecule has 0 bridgehead atoms. The summed E-state index contributed by atoms with van der Waals surface area (Å²) in [5.74, 6) is 0.127. The topological polar surface area (TPSA) is 83.7 Å². The molecule has 1 fully saturated rings. The molecule has 2 aromatic rings. The van der Waals surface area contributed by atoms with Crippen LogP contribution in [0.5, 0.6) is 0 Å². The zero-order chi connectivity index (χ0) is 25.1. The first kappa shape index (κ1) is 26.6. The molecule has 1 atom stereocenters. The number of halogens is 3. The highest BCUT2D eigenvalue weighted by Gasteiger charge is 2.50. The third-order valence-corrected chi connectivity index (χ3v) is 7.15. The van der Waals surface area contributed by atoms with Gasteiger partial charge >= 0.3 is 12.1 Å². The molecule has 0 amide bonds. The highest BCUT2D eigenvalue weighted by Crippen LogP contribution is 2.53. The Morgan fingerprint density at radius 2 is 1.71 bits per heavy atom. The van der Waals surface area contributed by atoms with Crippen LogP contribution in [-0.2, 0) is 36.6 Å². The van der Waals surface area contributed by atoms with E-state index in [-0.39, 0.29) is 12.3 Å². The van der Waals surface area contributed by atoms with Crippen LogP contribution in [-0.4, -0.2) is 40.6 Å². The highest BCUT2D eigenvalue weighted by molar-refractivity contribution is 7.49. The quantitative estimate of drug-likeness (QED) is 0.300. The number of carbonyl (C=O) groups is 1. The van der Waals surface area contributed by atoms with Gasteiger partial charge in [-0.25, -0.2) is 0 Å². The first-order valence-electron chi connectivity index (χ1n) is 11.2. The smallest absolute Gasteiger partial charge is 0.416 e. The number of hydrogen-bond acceptors (Lipinski definition) is 7. The van der Waals surface area contributed by atoms with E-state index in [0.29, 0.717) is 37.4 Å². The SMILES string of the molecule is CCOP(OCC)C(Cc1nc(C2(c3ccc(C(F)(F)F)cc3)CC2)no1)C(=O)OC(C)(C)C. The normalized spacial score (nSPS) is 16.5. The third-order valence-electron chi connectivity index (χ3n) is 5.22. The summed E-state index contributed by atoms with van der Waals surface area (Å²) in [6, 6.07) is 5.04. The fourth-order valence-electron chi connectivity index (χ4n) is 3.53. The van der Waals surface area contributed by atoms with Gasteiger partial charge in [0, 0.05) is 6.42 Å². The Morgan fingerprint density at radius 1 is 1.12 bits per heavy atom. The van der Waals surface area contributed by atoms with Crippen LogP contribution in [0.4, 0.5) is 13.2 Å². The summed E-state index contributed by atoms with van der Waals surface area (Å²) in [6.45, 7) is 9.67. The highest BCUT2D eigenvalue weighted by atomic mass is 31.2. The molecule has 0 aliphatic heterocycles. The van der Waals surface area contributed by atoms with Crippen LogP contribution >= 0.6 is 8.38 Å². The molecular formula is C23H30F3N2O5P. The van der Waals surface area contributed by atoms with Crippen molar-refractivity contribution in [1.29, 1.82) is 0 Å². The molecule has 0 radical (unpaired) electrons. The van der Waals surface area contributed by atoms with Gasteiger partial charge in [0.2, 0.25) is 5.89 Å². The molecule has 0 N–H and O–H groups in total. The maximum Gasteiger partial charge on any atom is 0.416 e. The van der Waals surface area contributed by atoms with E-state index in [1.165, 1.54) is 12.1 Å². The van der Waals surface area contributed by atoms with E-state index in [1.807, 2.05) is 13.8 Å². The summed E-state index contributed by atoms with van der Waals surface area (Å²) in [5, 5.41) is 4.10. The number of carbonyl (C=O) groups excluding carboxylic acids is 1. The van der Waals surface area contributed by atoms with Gasteiger partial charge in [-0.05, 0) is 65.2 Å². The lowest BCUT2D eigenvalue weighted by Crippen LogP contribution is -2.33. The van der Waals surface area contributed by atoms with Crippen LogP contribution < -0.4 is 0 Å². The number of ether oxygens (including phenoxy) is 1. The standard InChI is InChI=1S/C23H30F3N2O5P/c1-6-30-34(31-7-2)17(19(29)32-21(3,4)5)14-18-27-20(28-33-18)22(12-13-22)15-8-10-16(11-9-15)23(24,25)26/h8-11,17H,6-7,12-14H2,1-5H3. The molecule has 11 heteroatoms. The van der Waals surface area contributed by atoms with Crippen LogP contribution in [0.3, 0.4) is 0 Å². The fourth-order valence-corrected chi connectivity index (χ4v) is 5.00. The first-order chi connectivity index (χ1) is 15.9. The van der Waals surface area contributed by atoms with E-state index in [2.05, 4.69) is 10.1 Å². The van der Waals surface area contributed by atoms with Crippen molar-refractivity contribution in [3.05, 3.63) is 47.1 Å². The molecule has 3 rings (SSSR count). The molecule has 188 valence electrons. The van der Waals surface area contributed by atoms with Gasteiger partial charge in [0.1, 0.15) is 11.3 Å². The molecule has 1 aliphatic rings. The van der Waals surface area contributed by atoms with Gasteiger partial charge in [0.05, 0.1) is 24.2 Å². The Hall–Kier alpha value is -2.03. The van der Waals surface area contributed by atoms with E-state index in [1.54, 1.807) is 20.8 Å². The number of hydrogen-bond donors (Lipinski definition) is 0. The van der Waals surface area contributed by atoms with Crippen molar-refractivity contribution in [2.75, 3.05) is 13.2 Å². The average molecular weight is 502 g/mol. The second-order valence-electron chi connectivity index (χ2n) is 9.04. The van der Waals surface area contributed by atoms with Crippen molar-refractivity contribution in [1.82, 2.24) is 10.1 Å². The summed E-state index contributed by atoms with van der Waals surface area (Å²) in [5.41, 5.74) is -2.07. The van der Waals surface area contributed by atoms with Crippen molar-refractivity contribution in [2.24, 2.45) is 0 Å². The molecule has 1 heterocycles. The number of benzene rings is 1. The predicted octanol–water partition coefficient (Wildman–Crippen LogP) is 5.81. The zero-order valence-electron chi connectivity index (χ0n) is 19.9. The Bertz CT molecular complexity index is 962. The molecule has 0 saturated heterocycles. The number of nitrogens with zero attached hydrogens (tertiary/aromatic N) is 2. The van der Waals surface area contributed by atoms with Crippen LogP contribution in [0.15, 0.2) is 28.8 Å². The fraction of sp³-hybridized carbons (Fsp3) is 0.609. The van der Waals surface area contributed by atoms with Gasteiger partial charge in [-0.15, -0.1) is 0 Å². The summed E-state index contributed by atoms with van der Waals surface area (Å²) >= 11 is 0. The molecule has 1 saturated carbocycles. The molecular weight excluding hydrogens is 472 g/mol. The summed E-state index contributed by atoms with van der Waals surface area (Å²) < 4.78 is 61.2. The van der Waals surface area contributed by atoms with Gasteiger partial charge < -0.3 is 18.3 Å². The van der Waals surface area contributed by atoms with Gasteiger partial charge in [-0.1, -0.05) is 17.3 Å². The molecule has 1 aromatic heterocycles. The van der Waals surface area contributed by atoms with Crippen LogP contribution in [0.25, 0.3) is 0 Å². The lowest BCUT2D eigenvalue weighted by molar-refractivity contribution is -0.154. The van der Waals surface area contributed by atoms with Crippen molar-refractivity contribution in [3.8, 4) is 0 Å². The van der Waals surface area contributed by atoms with E-state index in [9.17, 15) is 18.0 Å². The first-order valence-corrected chi connectivity index (χ1v) is 12.4. The van der Waals surface area contributed by atoms with Crippen molar-refractivity contribution in [3.63, 3.8) is 0 Å². The summed E-state index contributed by atoms with van der Waals surface area (Å²) in [6.07, 6.45) is -2.95. The van der Waals surface area contributed by atoms with Crippen LogP contribution in [0.2, 0.25) is 0 Å². The molecule has 1 aromatic carbocycles. The second kappa shape index (κ2) is 10.3. The summed E-state index contributed by atoms with van der Waals surface area (Å²) in [7, 11) is -1.61. The van der Waals surface area contributed by atoms with E-state index in [0.717, 1.165) is 12.1 Å². The van der Waals surface area contributed by atoms with Gasteiger partial charge in [0.15, 0.2) is 14.2 Å². The van der Waals surface area contributed by atoms with Crippen molar-refractivity contribution < 1.29 is 36.3 Å². The Labute approximate surface area is 198 Å². The average Bonchev–Trinajstić information content (AvgIpc) is 3.42. The van der Waals surface area contributed by atoms with Gasteiger partial charge in [-0.2, -0.15) is 18.2 Å². The molecule has 7 nitrogen and oxygen atoms in total. The molecule has 0 spiro atoms. The van der Waals surface area contributed by atoms with E-state index >= 15 is 0 Å². The van der Waals surface area contributed by atoms with Gasteiger partial charge in [0.25, 0.3) is 0 Å². The molecule has 1 aliphatic carbocycles. The van der Waals surface area contributed by atoms with Crippen LogP contribution in [0.1, 0.15) is 70.3 Å². The minimum Gasteiger partial charge on any atom is -0.459 e. The van der Waals surface area contributed by atoms with Gasteiger partial charge in [-0.3, -0.25) is 4.79 Å². The minimum absolute atomic E-state index is 0.0662. The number of alkyl halides is 3. The predicted molar refractivity (Wildman–Crippen MR) is 119 cm³/mol. The number of aromatic nitrogens is 2. The zero-order valence-corrected chi connectivity index (χ0v) is 20.8. The monoisotopic (exact) mass is 502 g/mol. The lowest BCUT2D eigenvalue weighted by atomic mass is 9.94. The van der Waals surface area contributed by atoms with Crippen molar-refractivity contribution in [2.45, 2.75) is 76.7 Å². The number of esters is 1. The van der Waals surface area contributed by atoms with E-state index < -0.39 is 42.8 Å². The molecule has 1 unspecified atom stereocenters. The summed E-state index contributed by atoms with van der Waals surface area (Å²) in [4.78, 5) is 17.5. The maximum absolute atomic E-state index is 13.0. The third kappa shape index (κ3) is 6.34.